The molecule has 3 rings (SSSR count). The molecule has 1 aromatic carbocycles. The van der Waals surface area contributed by atoms with Gasteiger partial charge in [0.15, 0.2) is 17.3 Å². The number of hydrogen-bond donors (Lipinski definition) is 0. The SMILES string of the molecule is COc1ncc(C=CC(=O)N2CCOC(COc3c(C(C)=O)ccc(OC)c3OC)C2)c(OC)n1. The Morgan fingerprint density at radius 3 is 2.57 bits per heavy atom. The van der Waals surface area contributed by atoms with Gasteiger partial charge in [0, 0.05) is 18.8 Å². The fourth-order valence-corrected chi connectivity index (χ4v) is 3.52. The number of carbonyl (C=O) groups is 2. The lowest BCUT2D eigenvalue weighted by atomic mass is 10.1. The zero-order chi connectivity index (χ0) is 25.4. The van der Waals surface area contributed by atoms with Gasteiger partial charge in [-0.25, -0.2) is 4.98 Å². The average Bonchev–Trinajstić information content (AvgIpc) is 2.89. The standard InChI is InChI=1S/C24H29N3O8/c1-15(28)18-7-8-19(30-2)22(31-3)21(18)35-14-17-13-27(10-11-34-17)20(29)9-6-16-12-25-24(33-5)26-23(16)32-4/h6-9,12,17H,10-11,13-14H2,1-5H3. The highest BCUT2D eigenvalue weighted by Crippen LogP contribution is 2.40. The van der Waals surface area contributed by atoms with E-state index in [1.807, 2.05) is 0 Å². The van der Waals surface area contributed by atoms with Crippen molar-refractivity contribution in [2.75, 3.05) is 54.7 Å². The minimum absolute atomic E-state index is 0.109. The number of amides is 1. The fraction of sp³-hybridized carbons (Fsp3) is 0.417. The van der Waals surface area contributed by atoms with Gasteiger partial charge >= 0.3 is 6.01 Å². The normalized spacial score (nSPS) is 15.6. The summed E-state index contributed by atoms with van der Waals surface area (Å²) >= 11 is 0. The van der Waals surface area contributed by atoms with Gasteiger partial charge in [-0.3, -0.25) is 9.59 Å². The molecule has 2 aromatic rings. The second-order valence-corrected chi connectivity index (χ2v) is 7.48. The number of Topliss-reactive ketones (excluding diaryl/α,β-unsaturated/α-hetero) is 1. The summed E-state index contributed by atoms with van der Waals surface area (Å²) in [5.74, 6) is 0.949. The molecule has 1 atom stereocenters. The Bertz CT molecular complexity index is 1090. The molecule has 1 unspecified atom stereocenters. The number of ketones is 1. The van der Waals surface area contributed by atoms with Crippen molar-refractivity contribution in [3.63, 3.8) is 0 Å². The van der Waals surface area contributed by atoms with E-state index in [-0.39, 0.29) is 30.1 Å². The van der Waals surface area contributed by atoms with Crippen LogP contribution in [-0.4, -0.2) is 87.4 Å². The molecule has 11 nitrogen and oxygen atoms in total. The molecule has 1 fully saturated rings. The highest BCUT2D eigenvalue weighted by Gasteiger charge is 2.26. The number of morpholine rings is 1. The number of ether oxygens (including phenoxy) is 6. The lowest BCUT2D eigenvalue weighted by molar-refractivity contribution is -0.134. The summed E-state index contributed by atoms with van der Waals surface area (Å²) < 4.78 is 32.7. The first-order valence-electron chi connectivity index (χ1n) is 10.8. The van der Waals surface area contributed by atoms with E-state index in [0.717, 1.165) is 0 Å². The maximum atomic E-state index is 12.8. The second-order valence-electron chi connectivity index (χ2n) is 7.48. The third kappa shape index (κ3) is 6.18. The van der Waals surface area contributed by atoms with E-state index in [1.54, 1.807) is 23.1 Å². The summed E-state index contributed by atoms with van der Waals surface area (Å²) in [4.78, 5) is 34.7. The molecule has 1 aliphatic heterocycles. The lowest BCUT2D eigenvalue weighted by Gasteiger charge is -2.32. The third-order valence-electron chi connectivity index (χ3n) is 5.28. The zero-order valence-electron chi connectivity index (χ0n) is 20.4. The molecule has 11 heteroatoms. The Balaban J connectivity index is 1.68. The third-order valence-corrected chi connectivity index (χ3v) is 5.28. The molecule has 1 aromatic heterocycles. The summed E-state index contributed by atoms with van der Waals surface area (Å²) in [7, 11) is 5.91. The predicted octanol–water partition coefficient (Wildman–Crippen LogP) is 2.03. The summed E-state index contributed by atoms with van der Waals surface area (Å²) in [6, 6.07) is 3.44. The molecule has 0 N–H and O–H groups in total. The molecular weight excluding hydrogens is 458 g/mol. The van der Waals surface area contributed by atoms with Crippen LogP contribution in [0.3, 0.4) is 0 Å². The van der Waals surface area contributed by atoms with E-state index in [2.05, 4.69) is 9.97 Å². The Labute approximate surface area is 203 Å². The summed E-state index contributed by atoms with van der Waals surface area (Å²) in [5, 5.41) is 0. The van der Waals surface area contributed by atoms with Crippen molar-refractivity contribution < 1.29 is 38.0 Å². The summed E-state index contributed by atoms with van der Waals surface area (Å²) in [6.45, 7) is 2.63. The first-order valence-corrected chi connectivity index (χ1v) is 10.8. The molecule has 188 valence electrons. The molecule has 0 radical (unpaired) electrons. The molecular formula is C24H29N3O8. The van der Waals surface area contributed by atoms with E-state index in [4.69, 9.17) is 28.4 Å². The highest BCUT2D eigenvalue weighted by atomic mass is 16.6. The van der Waals surface area contributed by atoms with E-state index in [9.17, 15) is 9.59 Å². The molecule has 0 spiro atoms. The van der Waals surface area contributed by atoms with Crippen molar-refractivity contribution in [2.24, 2.45) is 0 Å². The van der Waals surface area contributed by atoms with Crippen LogP contribution in [0.4, 0.5) is 0 Å². The maximum absolute atomic E-state index is 12.8. The quantitative estimate of drug-likeness (QED) is 0.364. The Morgan fingerprint density at radius 1 is 1.11 bits per heavy atom. The minimum atomic E-state index is -0.407. The monoisotopic (exact) mass is 487 g/mol. The lowest BCUT2D eigenvalue weighted by Crippen LogP contribution is -2.47. The Kier molecular flexibility index (Phi) is 8.85. The smallest absolute Gasteiger partial charge is 0.319 e. The molecule has 1 amide bonds. The first-order chi connectivity index (χ1) is 16.9. The van der Waals surface area contributed by atoms with Crippen molar-refractivity contribution in [3.8, 4) is 29.1 Å². The Hall–Kier alpha value is -3.86. The van der Waals surface area contributed by atoms with Crippen LogP contribution >= 0.6 is 0 Å². The van der Waals surface area contributed by atoms with Crippen molar-refractivity contribution in [1.29, 1.82) is 0 Å². The average molecular weight is 488 g/mol. The van der Waals surface area contributed by atoms with Crippen LogP contribution in [0.1, 0.15) is 22.8 Å². The highest BCUT2D eigenvalue weighted by molar-refractivity contribution is 5.98. The fourth-order valence-electron chi connectivity index (χ4n) is 3.52. The molecule has 1 saturated heterocycles. The van der Waals surface area contributed by atoms with Crippen LogP contribution in [0.25, 0.3) is 6.08 Å². The molecule has 0 saturated carbocycles. The second kappa shape index (κ2) is 12.0. The van der Waals surface area contributed by atoms with Crippen LogP contribution in [-0.2, 0) is 9.53 Å². The number of carbonyl (C=O) groups excluding carboxylic acids is 2. The van der Waals surface area contributed by atoms with Crippen LogP contribution in [0.2, 0.25) is 0 Å². The number of benzene rings is 1. The van der Waals surface area contributed by atoms with Crippen LogP contribution in [0, 0.1) is 0 Å². The van der Waals surface area contributed by atoms with E-state index in [0.29, 0.717) is 48.2 Å². The van der Waals surface area contributed by atoms with Gasteiger partial charge in [-0.15, -0.1) is 0 Å². The van der Waals surface area contributed by atoms with E-state index in [1.165, 1.54) is 47.6 Å². The van der Waals surface area contributed by atoms with Gasteiger partial charge in [-0.1, -0.05) is 0 Å². The van der Waals surface area contributed by atoms with Gasteiger partial charge in [-0.05, 0) is 25.1 Å². The molecule has 2 heterocycles. The molecule has 35 heavy (non-hydrogen) atoms. The van der Waals surface area contributed by atoms with Gasteiger partial charge in [-0.2, -0.15) is 4.98 Å². The largest absolute Gasteiger partial charge is 0.493 e. The number of hydrogen-bond acceptors (Lipinski definition) is 10. The van der Waals surface area contributed by atoms with Gasteiger partial charge < -0.3 is 33.3 Å². The minimum Gasteiger partial charge on any atom is -0.493 e. The molecule has 0 aliphatic carbocycles. The van der Waals surface area contributed by atoms with Gasteiger partial charge in [0.05, 0.1) is 52.7 Å². The van der Waals surface area contributed by atoms with Crippen molar-refractivity contribution in [2.45, 2.75) is 13.0 Å². The number of rotatable bonds is 10. The zero-order valence-corrected chi connectivity index (χ0v) is 20.4. The molecule has 1 aliphatic rings. The van der Waals surface area contributed by atoms with Crippen molar-refractivity contribution in [1.82, 2.24) is 14.9 Å². The topological polar surface area (TPSA) is 119 Å². The van der Waals surface area contributed by atoms with Gasteiger partial charge in [0.2, 0.25) is 17.5 Å². The van der Waals surface area contributed by atoms with Gasteiger partial charge in [0.25, 0.3) is 0 Å². The van der Waals surface area contributed by atoms with Gasteiger partial charge in [0.1, 0.15) is 12.7 Å². The Morgan fingerprint density at radius 2 is 1.91 bits per heavy atom. The summed E-state index contributed by atoms with van der Waals surface area (Å²) in [6.07, 6.45) is 4.12. The number of nitrogens with zero attached hydrogens (tertiary/aromatic N) is 3. The number of methoxy groups -OCH3 is 4. The first kappa shape index (κ1) is 25.8. The number of aromatic nitrogens is 2. The summed E-state index contributed by atoms with van der Waals surface area (Å²) in [5.41, 5.74) is 0.904. The van der Waals surface area contributed by atoms with Crippen LogP contribution in [0.5, 0.6) is 29.1 Å². The van der Waals surface area contributed by atoms with E-state index < -0.39 is 6.10 Å². The maximum Gasteiger partial charge on any atom is 0.319 e. The predicted molar refractivity (Wildman–Crippen MR) is 126 cm³/mol. The van der Waals surface area contributed by atoms with Crippen LogP contribution in [0.15, 0.2) is 24.4 Å². The molecule has 0 bridgehead atoms. The van der Waals surface area contributed by atoms with Crippen molar-refractivity contribution >= 4 is 17.8 Å². The van der Waals surface area contributed by atoms with Crippen LogP contribution < -0.4 is 23.7 Å². The van der Waals surface area contributed by atoms with Crippen molar-refractivity contribution in [3.05, 3.63) is 35.5 Å². The van der Waals surface area contributed by atoms with E-state index >= 15 is 0 Å².